The molecule has 0 heterocycles. The van der Waals surface area contributed by atoms with E-state index in [9.17, 15) is 38.2 Å². The number of ketones is 1. The van der Waals surface area contributed by atoms with Crippen molar-refractivity contribution in [3.8, 4) is 0 Å². The van der Waals surface area contributed by atoms with Crippen molar-refractivity contribution in [1.82, 2.24) is 0 Å². The van der Waals surface area contributed by atoms with E-state index in [1.54, 1.807) is 6.92 Å². The molecule has 3 fully saturated rings. The number of halogens is 5. The van der Waals surface area contributed by atoms with Crippen LogP contribution in [0, 0.1) is 34.5 Å². The lowest BCUT2D eigenvalue weighted by atomic mass is 9.45. The zero-order valence-electron chi connectivity index (χ0n) is 21.3. The summed E-state index contributed by atoms with van der Waals surface area (Å²) >= 11 is 0. The number of hydrogen-bond acceptors (Lipinski definition) is 5. The summed E-state index contributed by atoms with van der Waals surface area (Å²) in [7, 11) is 0. The van der Waals surface area contributed by atoms with Gasteiger partial charge in [0.2, 0.25) is 0 Å². The number of hydroxylamine groups is 1. The van der Waals surface area contributed by atoms with Gasteiger partial charge in [0.1, 0.15) is 6.17 Å². The molecule has 1 aromatic rings. The molecule has 9 atom stereocenters. The molecule has 0 radical (unpaired) electrons. The summed E-state index contributed by atoms with van der Waals surface area (Å²) in [5, 5.41) is 32.9. The van der Waals surface area contributed by atoms with Crippen LogP contribution < -0.4 is 5.06 Å². The molecule has 3 saturated carbocycles. The van der Waals surface area contributed by atoms with E-state index < -0.39 is 75.9 Å². The van der Waals surface area contributed by atoms with Crippen molar-refractivity contribution in [1.29, 1.82) is 0 Å². The van der Waals surface area contributed by atoms with Crippen LogP contribution in [0.15, 0.2) is 48.1 Å². The largest absolute Gasteiger partial charge is 0.481 e. The predicted octanol–water partition coefficient (Wildman–Crippen LogP) is 5.15. The minimum atomic E-state index is -4.57. The smallest absolute Gasteiger partial charge is 0.416 e. The Bertz CT molecular complexity index is 1250. The van der Waals surface area contributed by atoms with Crippen molar-refractivity contribution in [2.24, 2.45) is 34.5 Å². The molecule has 4 aliphatic carbocycles. The van der Waals surface area contributed by atoms with Gasteiger partial charge < -0.3 is 10.2 Å². The highest BCUT2D eigenvalue weighted by Crippen LogP contribution is 2.70. The van der Waals surface area contributed by atoms with E-state index >= 15 is 8.78 Å². The van der Waals surface area contributed by atoms with E-state index in [1.165, 1.54) is 13.0 Å². The monoisotopic (exact) mass is 555 g/mol. The number of aliphatic carboxylic acids is 1. The van der Waals surface area contributed by atoms with Gasteiger partial charge >= 0.3 is 12.1 Å². The van der Waals surface area contributed by atoms with Gasteiger partial charge in [0.05, 0.1) is 23.3 Å². The van der Waals surface area contributed by atoms with Crippen molar-refractivity contribution in [2.45, 2.75) is 57.2 Å². The SMILES string of the molecule is C[C@]12C[C@H](O)[C@@]3(F)[C@@H](C[C@H](F)C4=CC(=O)C=C[C@@]43C)C1C[C@@H](CN(O)c1ccc(C(F)(F)F)cc1)[C@@H]2C(=O)O. The fraction of sp³-hybridized carbons (Fsp3) is 0.571. The van der Waals surface area contributed by atoms with E-state index in [0.29, 0.717) is 5.06 Å². The molecule has 212 valence electrons. The number of carboxylic acids is 1. The molecule has 0 aromatic heterocycles. The van der Waals surface area contributed by atoms with E-state index in [1.807, 2.05) is 0 Å². The average Bonchev–Trinajstić information content (AvgIpc) is 3.13. The van der Waals surface area contributed by atoms with Gasteiger partial charge in [-0.1, -0.05) is 13.0 Å². The highest BCUT2D eigenvalue weighted by Gasteiger charge is 2.73. The molecule has 0 amide bonds. The molecule has 0 saturated heterocycles. The topological polar surface area (TPSA) is 98.1 Å². The molecule has 1 unspecified atom stereocenters. The van der Waals surface area contributed by atoms with Gasteiger partial charge in [-0.05, 0) is 85.4 Å². The van der Waals surface area contributed by atoms with Crippen molar-refractivity contribution >= 4 is 17.4 Å². The number of nitrogens with zero attached hydrogens (tertiary/aromatic N) is 1. The lowest BCUT2D eigenvalue weighted by Crippen LogP contribution is -2.68. The average molecular weight is 556 g/mol. The zero-order chi connectivity index (χ0) is 28.7. The third-order valence-corrected chi connectivity index (χ3v) is 9.97. The molecular formula is C28H30F5NO5. The van der Waals surface area contributed by atoms with E-state index in [0.717, 1.165) is 36.4 Å². The minimum absolute atomic E-state index is 0.0211. The van der Waals surface area contributed by atoms with Crippen molar-refractivity contribution in [2.75, 3.05) is 11.6 Å². The van der Waals surface area contributed by atoms with Crippen LogP contribution in [0.1, 0.15) is 38.7 Å². The quantitative estimate of drug-likeness (QED) is 0.351. The Hall–Kier alpha value is -2.79. The summed E-state index contributed by atoms with van der Waals surface area (Å²) in [5.74, 6) is -5.36. The fourth-order valence-electron chi connectivity index (χ4n) is 8.20. The summed E-state index contributed by atoms with van der Waals surface area (Å²) in [6.07, 6.45) is -4.82. The molecule has 39 heavy (non-hydrogen) atoms. The molecule has 0 spiro atoms. The first-order valence-corrected chi connectivity index (χ1v) is 12.9. The van der Waals surface area contributed by atoms with Crippen molar-refractivity contribution < 1.29 is 47.0 Å². The van der Waals surface area contributed by atoms with Gasteiger partial charge in [-0.15, -0.1) is 0 Å². The molecule has 3 N–H and O–H groups in total. The lowest BCUT2D eigenvalue weighted by molar-refractivity contribution is -0.204. The molecule has 11 heteroatoms. The number of benzene rings is 1. The number of alkyl halides is 5. The summed E-state index contributed by atoms with van der Waals surface area (Å²) < 4.78 is 71.6. The predicted molar refractivity (Wildman–Crippen MR) is 129 cm³/mol. The number of carboxylic acid groups (broad SMARTS) is 1. The number of hydrogen-bond donors (Lipinski definition) is 3. The van der Waals surface area contributed by atoms with Gasteiger partial charge in [-0.3, -0.25) is 19.9 Å². The maximum Gasteiger partial charge on any atom is 0.416 e. The molecule has 6 nitrogen and oxygen atoms in total. The van der Waals surface area contributed by atoms with Crippen LogP contribution in [-0.2, 0) is 15.8 Å². The Morgan fingerprint density at radius 1 is 1.13 bits per heavy atom. The number of carbonyl (C=O) groups is 2. The van der Waals surface area contributed by atoms with Gasteiger partial charge in [-0.2, -0.15) is 13.2 Å². The first kappa shape index (κ1) is 27.8. The minimum Gasteiger partial charge on any atom is -0.481 e. The Morgan fingerprint density at radius 3 is 2.36 bits per heavy atom. The van der Waals surface area contributed by atoms with Crippen LogP contribution >= 0.6 is 0 Å². The van der Waals surface area contributed by atoms with Gasteiger partial charge in [0.25, 0.3) is 0 Å². The Kier molecular flexibility index (Phi) is 6.31. The number of aliphatic hydroxyl groups is 1. The standard InChI is InChI=1S/C28H30F5NO5/c1-25-12-22(36)27(30)19(11-21(29)20-10-17(35)7-8-26(20,27)2)18(25)9-14(23(25)24(37)38)13-34(39)16-5-3-15(4-6-16)28(31,32)33/h3-8,10,14,18-19,21-23,36,39H,9,11-13H2,1-2H3,(H,37,38)/t14-,18?,19-,21-,22-,23+,25-,26-,27-/m0/s1. The van der Waals surface area contributed by atoms with E-state index in [4.69, 9.17) is 0 Å². The second-order valence-electron chi connectivity index (χ2n) is 11.9. The highest BCUT2D eigenvalue weighted by atomic mass is 19.4. The first-order chi connectivity index (χ1) is 18.0. The van der Waals surface area contributed by atoms with Gasteiger partial charge in [0.15, 0.2) is 11.5 Å². The number of allylic oxidation sites excluding steroid dienone is 4. The summed E-state index contributed by atoms with van der Waals surface area (Å²) in [6, 6.07) is 3.74. The van der Waals surface area contributed by atoms with Crippen LogP contribution in [0.5, 0.6) is 0 Å². The number of rotatable bonds is 4. The van der Waals surface area contributed by atoms with E-state index in [2.05, 4.69) is 0 Å². The number of anilines is 1. The maximum atomic E-state index is 17.2. The Morgan fingerprint density at radius 2 is 1.77 bits per heavy atom. The van der Waals surface area contributed by atoms with Gasteiger partial charge in [-0.25, -0.2) is 8.78 Å². The lowest BCUT2D eigenvalue weighted by Gasteiger charge is -2.62. The maximum absolute atomic E-state index is 17.2. The molecule has 5 rings (SSSR count). The summed E-state index contributed by atoms with van der Waals surface area (Å²) in [5.41, 5.74) is -6.05. The Balaban J connectivity index is 1.48. The van der Waals surface area contributed by atoms with Crippen LogP contribution in [0.2, 0.25) is 0 Å². The number of fused-ring (bicyclic) bond motifs is 5. The first-order valence-electron chi connectivity index (χ1n) is 12.9. The molecule has 0 bridgehead atoms. The van der Waals surface area contributed by atoms with Crippen LogP contribution in [0.3, 0.4) is 0 Å². The van der Waals surface area contributed by atoms with Crippen molar-refractivity contribution in [3.63, 3.8) is 0 Å². The van der Waals surface area contributed by atoms with Crippen molar-refractivity contribution in [3.05, 3.63) is 53.6 Å². The van der Waals surface area contributed by atoms with Crippen LogP contribution in [-0.4, -0.2) is 51.7 Å². The number of carbonyl (C=O) groups excluding carboxylic acids is 1. The van der Waals surface area contributed by atoms with E-state index in [-0.39, 0.29) is 37.1 Å². The van der Waals surface area contributed by atoms with Crippen LogP contribution in [0.4, 0.5) is 27.6 Å². The molecule has 0 aliphatic heterocycles. The summed E-state index contributed by atoms with van der Waals surface area (Å²) in [4.78, 5) is 24.5. The third kappa shape index (κ3) is 3.95. The second kappa shape index (κ2) is 8.86. The third-order valence-electron chi connectivity index (χ3n) is 9.97. The molecular weight excluding hydrogens is 525 g/mol. The normalized spacial score (nSPS) is 41.4. The zero-order valence-corrected chi connectivity index (χ0v) is 21.3. The number of aliphatic hydroxyl groups excluding tert-OH is 1. The second-order valence-corrected chi connectivity index (χ2v) is 11.9. The van der Waals surface area contributed by atoms with Gasteiger partial charge in [0, 0.05) is 17.9 Å². The molecule has 1 aromatic carbocycles. The highest BCUT2D eigenvalue weighted by molar-refractivity contribution is 6.01. The fourth-order valence-corrected chi connectivity index (χ4v) is 8.20. The summed E-state index contributed by atoms with van der Waals surface area (Å²) in [6.45, 7) is 2.82. The Labute approximate surface area is 221 Å². The van der Waals surface area contributed by atoms with Crippen LogP contribution in [0.25, 0.3) is 0 Å². The molecule has 4 aliphatic rings.